The number of hydrogen-bond acceptors (Lipinski definition) is 8. The maximum Gasteiger partial charge on any atom is 0.306 e. The average molecular weight is 630 g/mol. The van der Waals surface area contributed by atoms with Crippen molar-refractivity contribution in [2.45, 2.75) is 143 Å². The van der Waals surface area contributed by atoms with Gasteiger partial charge in [0.2, 0.25) is 17.7 Å². The van der Waals surface area contributed by atoms with Crippen molar-refractivity contribution in [1.82, 2.24) is 16.0 Å². The molecule has 11 heteroatoms. The SMILES string of the molecule is COCCCOC(C)(C)CCNC(=O)[C@H](CCC(=O)NCCC(C)(C)OCCC(C)C)NC(=O)CCCC(=O)OC(C)(C)C. The molecule has 0 fully saturated rings. The maximum absolute atomic E-state index is 13.1. The Kier molecular flexibility index (Phi) is 20.4. The summed E-state index contributed by atoms with van der Waals surface area (Å²) in [6.07, 6.45) is 3.63. The van der Waals surface area contributed by atoms with Crippen LogP contribution in [0.1, 0.15) is 120 Å². The molecule has 0 aliphatic carbocycles. The second-order valence-corrected chi connectivity index (χ2v) is 14.0. The third kappa shape index (κ3) is 24.1. The number of carbonyl (C=O) groups excluding carboxylic acids is 4. The standard InChI is InChI=1S/C33H63N3O8/c1-25(2)17-24-43-33(8,9)18-20-34-27(37)16-15-26(36-28(38)13-11-14-29(39)44-31(3,4)5)30(40)35-21-19-32(6,7)42-23-12-22-41-10/h25-26H,11-24H2,1-10H3,(H,34,37)(H,35,40)(H,36,38)/t26-/m0/s1. The molecule has 11 nitrogen and oxygen atoms in total. The molecule has 0 radical (unpaired) electrons. The zero-order valence-electron chi connectivity index (χ0n) is 29.3. The van der Waals surface area contributed by atoms with Crippen LogP contribution in [0.2, 0.25) is 0 Å². The molecule has 0 rings (SSSR count). The molecule has 0 spiro atoms. The van der Waals surface area contributed by atoms with E-state index in [1.165, 1.54) is 0 Å². The Labute approximate surface area is 266 Å². The maximum atomic E-state index is 13.1. The summed E-state index contributed by atoms with van der Waals surface area (Å²) in [7, 11) is 1.64. The monoisotopic (exact) mass is 629 g/mol. The van der Waals surface area contributed by atoms with E-state index in [0.717, 1.165) is 12.8 Å². The third-order valence-electron chi connectivity index (χ3n) is 6.77. The van der Waals surface area contributed by atoms with E-state index < -0.39 is 17.2 Å². The number of hydrogen-bond donors (Lipinski definition) is 3. The highest BCUT2D eigenvalue weighted by Gasteiger charge is 2.25. The molecular formula is C33H63N3O8. The normalized spacial score (nSPS) is 13.0. The summed E-state index contributed by atoms with van der Waals surface area (Å²) >= 11 is 0. The number of esters is 1. The Bertz CT molecular complexity index is 852. The van der Waals surface area contributed by atoms with Crippen LogP contribution in [-0.4, -0.2) is 86.6 Å². The summed E-state index contributed by atoms with van der Waals surface area (Å²) in [5.41, 5.74) is -1.41. The highest BCUT2D eigenvalue weighted by Crippen LogP contribution is 2.16. The van der Waals surface area contributed by atoms with Crippen molar-refractivity contribution in [3.63, 3.8) is 0 Å². The molecular weight excluding hydrogens is 566 g/mol. The fraction of sp³-hybridized carbons (Fsp3) is 0.879. The van der Waals surface area contributed by atoms with Crippen LogP contribution >= 0.6 is 0 Å². The molecule has 1 atom stereocenters. The Hall–Kier alpha value is -2.24. The molecule has 258 valence electrons. The van der Waals surface area contributed by atoms with E-state index in [-0.39, 0.29) is 55.0 Å². The molecule has 0 aliphatic heterocycles. The molecule has 0 bridgehead atoms. The Morgan fingerprint density at radius 3 is 1.84 bits per heavy atom. The van der Waals surface area contributed by atoms with Gasteiger partial charge in [0, 0.05) is 59.3 Å². The number of nitrogens with one attached hydrogen (secondary N) is 3. The number of methoxy groups -OCH3 is 1. The fourth-order valence-electron chi connectivity index (χ4n) is 4.06. The molecule has 0 aromatic heterocycles. The van der Waals surface area contributed by atoms with E-state index >= 15 is 0 Å². The predicted octanol–water partition coefficient (Wildman–Crippen LogP) is 4.45. The lowest BCUT2D eigenvalue weighted by atomic mass is 10.0. The zero-order valence-corrected chi connectivity index (χ0v) is 29.3. The van der Waals surface area contributed by atoms with Crippen LogP contribution in [-0.2, 0) is 38.1 Å². The first-order chi connectivity index (χ1) is 20.4. The molecule has 44 heavy (non-hydrogen) atoms. The highest BCUT2D eigenvalue weighted by molar-refractivity contribution is 5.88. The second kappa shape index (κ2) is 21.5. The number of ether oxygens (including phenoxy) is 4. The quantitative estimate of drug-likeness (QED) is 0.105. The van der Waals surface area contributed by atoms with Gasteiger partial charge in [0.1, 0.15) is 11.6 Å². The van der Waals surface area contributed by atoms with Gasteiger partial charge in [-0.15, -0.1) is 0 Å². The third-order valence-corrected chi connectivity index (χ3v) is 6.77. The first-order valence-corrected chi connectivity index (χ1v) is 16.2. The van der Waals surface area contributed by atoms with E-state index in [9.17, 15) is 19.2 Å². The lowest BCUT2D eigenvalue weighted by molar-refractivity contribution is -0.155. The highest BCUT2D eigenvalue weighted by atomic mass is 16.6. The van der Waals surface area contributed by atoms with E-state index in [0.29, 0.717) is 58.1 Å². The molecule has 0 unspecified atom stereocenters. The van der Waals surface area contributed by atoms with E-state index in [2.05, 4.69) is 29.8 Å². The van der Waals surface area contributed by atoms with Gasteiger partial charge in [0.05, 0.1) is 11.2 Å². The molecule has 0 aromatic carbocycles. The lowest BCUT2D eigenvalue weighted by Crippen LogP contribution is -2.48. The van der Waals surface area contributed by atoms with Gasteiger partial charge in [0.15, 0.2) is 0 Å². The molecule has 0 aromatic rings. The van der Waals surface area contributed by atoms with Crippen LogP contribution in [0.4, 0.5) is 0 Å². The summed E-state index contributed by atoms with van der Waals surface area (Å²) in [6, 6.07) is -0.892. The van der Waals surface area contributed by atoms with Crippen molar-refractivity contribution in [1.29, 1.82) is 0 Å². The second-order valence-electron chi connectivity index (χ2n) is 14.0. The van der Waals surface area contributed by atoms with Crippen LogP contribution in [0, 0.1) is 5.92 Å². The first kappa shape index (κ1) is 41.8. The van der Waals surface area contributed by atoms with Crippen molar-refractivity contribution in [3.8, 4) is 0 Å². The number of carbonyl (C=O) groups is 4. The molecule has 3 amide bonds. The number of amides is 3. The summed E-state index contributed by atoms with van der Waals surface area (Å²) in [6.45, 7) is 20.2. The fourth-order valence-corrected chi connectivity index (χ4v) is 4.06. The van der Waals surface area contributed by atoms with Gasteiger partial charge in [-0.2, -0.15) is 0 Å². The average Bonchev–Trinajstić information content (AvgIpc) is 2.87. The van der Waals surface area contributed by atoms with Crippen LogP contribution in [0.3, 0.4) is 0 Å². The van der Waals surface area contributed by atoms with E-state index in [1.54, 1.807) is 27.9 Å². The molecule has 0 aliphatic rings. The minimum atomic E-state index is -0.892. The van der Waals surface area contributed by atoms with Gasteiger partial charge in [-0.3, -0.25) is 19.2 Å². The van der Waals surface area contributed by atoms with Crippen LogP contribution in [0.5, 0.6) is 0 Å². The first-order valence-electron chi connectivity index (χ1n) is 16.2. The van der Waals surface area contributed by atoms with Crippen molar-refractivity contribution in [2.24, 2.45) is 5.92 Å². The van der Waals surface area contributed by atoms with Gasteiger partial charge >= 0.3 is 5.97 Å². The van der Waals surface area contributed by atoms with Crippen LogP contribution in [0.15, 0.2) is 0 Å². The minimum absolute atomic E-state index is 0.0590. The summed E-state index contributed by atoms with van der Waals surface area (Å²) in [5, 5.41) is 8.54. The largest absolute Gasteiger partial charge is 0.460 e. The smallest absolute Gasteiger partial charge is 0.306 e. The number of rotatable bonds is 24. The van der Waals surface area contributed by atoms with Gasteiger partial charge in [0.25, 0.3) is 0 Å². The Morgan fingerprint density at radius 2 is 1.27 bits per heavy atom. The van der Waals surface area contributed by atoms with Crippen LogP contribution < -0.4 is 16.0 Å². The van der Waals surface area contributed by atoms with Crippen molar-refractivity contribution < 1.29 is 38.1 Å². The lowest BCUT2D eigenvalue weighted by Gasteiger charge is -2.26. The molecule has 0 saturated heterocycles. The van der Waals surface area contributed by atoms with E-state index in [1.807, 2.05) is 27.7 Å². The Morgan fingerprint density at radius 1 is 0.682 bits per heavy atom. The summed E-state index contributed by atoms with van der Waals surface area (Å²) < 4.78 is 22.2. The molecule has 0 heterocycles. The molecule has 0 saturated carbocycles. The Balaban J connectivity index is 4.96. The summed E-state index contributed by atoms with van der Waals surface area (Å²) in [4.78, 5) is 50.4. The topological polar surface area (TPSA) is 141 Å². The van der Waals surface area contributed by atoms with Gasteiger partial charge in [-0.05, 0) is 92.9 Å². The predicted molar refractivity (Wildman–Crippen MR) is 172 cm³/mol. The summed E-state index contributed by atoms with van der Waals surface area (Å²) in [5.74, 6) is -0.751. The van der Waals surface area contributed by atoms with Crippen molar-refractivity contribution >= 4 is 23.7 Å². The van der Waals surface area contributed by atoms with Gasteiger partial charge < -0.3 is 34.9 Å². The van der Waals surface area contributed by atoms with Gasteiger partial charge in [-0.25, -0.2) is 0 Å². The minimum Gasteiger partial charge on any atom is -0.460 e. The van der Waals surface area contributed by atoms with Crippen LogP contribution in [0.25, 0.3) is 0 Å². The zero-order chi connectivity index (χ0) is 33.8. The van der Waals surface area contributed by atoms with Crippen molar-refractivity contribution in [3.05, 3.63) is 0 Å². The van der Waals surface area contributed by atoms with E-state index in [4.69, 9.17) is 18.9 Å². The van der Waals surface area contributed by atoms with Crippen molar-refractivity contribution in [2.75, 3.05) is 40.0 Å². The van der Waals surface area contributed by atoms with Gasteiger partial charge in [-0.1, -0.05) is 13.8 Å². The molecule has 3 N–H and O–H groups in total.